The standard InChI is InChI=1S/C15H28N4O2/c1-4-15(5-6-16-12-15)14(21)19-9-7-18(8-10-19)11-13(20)17(2)3/h16H,4-12H2,1-3H3. The molecule has 2 rings (SSSR count). The third-order valence-corrected chi connectivity index (χ3v) is 4.89. The van der Waals surface area contributed by atoms with Crippen molar-refractivity contribution in [2.24, 2.45) is 5.41 Å². The highest BCUT2D eigenvalue weighted by Gasteiger charge is 2.42. The molecule has 1 unspecified atom stereocenters. The molecule has 0 aromatic rings. The lowest BCUT2D eigenvalue weighted by atomic mass is 9.82. The van der Waals surface area contributed by atoms with E-state index in [2.05, 4.69) is 17.1 Å². The molecule has 0 saturated carbocycles. The van der Waals surface area contributed by atoms with Gasteiger partial charge in [0, 0.05) is 46.8 Å². The first kappa shape index (κ1) is 16.2. The van der Waals surface area contributed by atoms with Gasteiger partial charge in [0.05, 0.1) is 12.0 Å². The second-order valence-electron chi connectivity index (χ2n) is 6.42. The van der Waals surface area contributed by atoms with Crippen LogP contribution in [-0.4, -0.2) is 86.4 Å². The van der Waals surface area contributed by atoms with Gasteiger partial charge in [0.2, 0.25) is 11.8 Å². The van der Waals surface area contributed by atoms with Crippen LogP contribution in [0, 0.1) is 5.41 Å². The highest BCUT2D eigenvalue weighted by atomic mass is 16.2. The Morgan fingerprint density at radius 3 is 2.33 bits per heavy atom. The average Bonchev–Trinajstić information content (AvgIpc) is 2.97. The van der Waals surface area contributed by atoms with Gasteiger partial charge in [-0.1, -0.05) is 6.92 Å². The molecule has 2 fully saturated rings. The molecule has 1 N–H and O–H groups in total. The molecule has 21 heavy (non-hydrogen) atoms. The SMILES string of the molecule is CCC1(C(=O)N2CCN(CC(=O)N(C)C)CC2)CCNC1. The number of hydrogen-bond acceptors (Lipinski definition) is 4. The molecule has 6 heteroatoms. The Morgan fingerprint density at radius 1 is 1.19 bits per heavy atom. The summed E-state index contributed by atoms with van der Waals surface area (Å²) in [6, 6.07) is 0. The lowest BCUT2D eigenvalue weighted by Gasteiger charge is -2.39. The van der Waals surface area contributed by atoms with E-state index >= 15 is 0 Å². The van der Waals surface area contributed by atoms with E-state index in [1.165, 1.54) is 0 Å². The van der Waals surface area contributed by atoms with Crippen LogP contribution in [0.3, 0.4) is 0 Å². The van der Waals surface area contributed by atoms with E-state index in [0.717, 1.165) is 52.1 Å². The zero-order valence-electron chi connectivity index (χ0n) is 13.5. The molecule has 6 nitrogen and oxygen atoms in total. The van der Waals surface area contributed by atoms with Crippen LogP contribution in [0.1, 0.15) is 19.8 Å². The van der Waals surface area contributed by atoms with Gasteiger partial charge in [-0.2, -0.15) is 0 Å². The summed E-state index contributed by atoms with van der Waals surface area (Å²) >= 11 is 0. The van der Waals surface area contributed by atoms with Crippen LogP contribution in [0.5, 0.6) is 0 Å². The van der Waals surface area contributed by atoms with Crippen molar-refractivity contribution in [2.75, 3.05) is 59.9 Å². The van der Waals surface area contributed by atoms with Crippen LogP contribution in [0.2, 0.25) is 0 Å². The maximum Gasteiger partial charge on any atom is 0.236 e. The van der Waals surface area contributed by atoms with Gasteiger partial charge in [0.25, 0.3) is 0 Å². The minimum absolute atomic E-state index is 0.125. The summed E-state index contributed by atoms with van der Waals surface area (Å²) < 4.78 is 0. The quantitative estimate of drug-likeness (QED) is 0.768. The van der Waals surface area contributed by atoms with Gasteiger partial charge in [-0.25, -0.2) is 0 Å². The van der Waals surface area contributed by atoms with Crippen LogP contribution in [0.15, 0.2) is 0 Å². The van der Waals surface area contributed by atoms with Crippen molar-refractivity contribution in [1.82, 2.24) is 20.0 Å². The molecule has 0 aliphatic carbocycles. The van der Waals surface area contributed by atoms with E-state index < -0.39 is 0 Å². The summed E-state index contributed by atoms with van der Waals surface area (Å²) in [6.45, 7) is 7.37. The van der Waals surface area contributed by atoms with Gasteiger partial charge in [-0.3, -0.25) is 14.5 Å². The Bertz CT molecular complexity index is 383. The number of nitrogens with zero attached hydrogens (tertiary/aromatic N) is 3. The van der Waals surface area contributed by atoms with E-state index in [-0.39, 0.29) is 11.3 Å². The number of carbonyl (C=O) groups is 2. The smallest absolute Gasteiger partial charge is 0.236 e. The van der Waals surface area contributed by atoms with Crippen LogP contribution >= 0.6 is 0 Å². The van der Waals surface area contributed by atoms with Gasteiger partial charge >= 0.3 is 0 Å². The number of piperazine rings is 1. The average molecular weight is 296 g/mol. The number of carbonyl (C=O) groups excluding carboxylic acids is 2. The Hall–Kier alpha value is -1.14. The molecular weight excluding hydrogens is 268 g/mol. The lowest BCUT2D eigenvalue weighted by Crippen LogP contribution is -2.54. The zero-order chi connectivity index (χ0) is 15.5. The minimum Gasteiger partial charge on any atom is -0.348 e. The van der Waals surface area contributed by atoms with Crippen molar-refractivity contribution in [3.63, 3.8) is 0 Å². The van der Waals surface area contributed by atoms with E-state index in [4.69, 9.17) is 0 Å². The highest BCUT2D eigenvalue weighted by Crippen LogP contribution is 2.32. The first-order valence-electron chi connectivity index (χ1n) is 7.91. The Labute approximate surface area is 127 Å². The van der Waals surface area contributed by atoms with Crippen LogP contribution in [-0.2, 0) is 9.59 Å². The van der Waals surface area contributed by atoms with E-state index in [0.29, 0.717) is 12.5 Å². The molecular formula is C15H28N4O2. The maximum absolute atomic E-state index is 12.8. The van der Waals surface area contributed by atoms with Crippen molar-refractivity contribution in [3.05, 3.63) is 0 Å². The molecule has 0 aromatic carbocycles. The van der Waals surface area contributed by atoms with Crippen molar-refractivity contribution in [1.29, 1.82) is 0 Å². The second kappa shape index (κ2) is 6.75. The molecule has 0 radical (unpaired) electrons. The maximum atomic E-state index is 12.8. The molecule has 120 valence electrons. The molecule has 2 saturated heterocycles. The molecule has 0 aromatic heterocycles. The number of likely N-dealkylation sites (N-methyl/N-ethyl adjacent to an activating group) is 1. The summed E-state index contributed by atoms with van der Waals surface area (Å²) in [6.07, 6.45) is 1.85. The van der Waals surface area contributed by atoms with Gasteiger partial charge in [0.1, 0.15) is 0 Å². The second-order valence-corrected chi connectivity index (χ2v) is 6.42. The monoisotopic (exact) mass is 296 g/mol. The number of nitrogens with one attached hydrogen (secondary N) is 1. The largest absolute Gasteiger partial charge is 0.348 e. The molecule has 0 bridgehead atoms. The molecule has 0 spiro atoms. The van der Waals surface area contributed by atoms with Crippen LogP contribution in [0.4, 0.5) is 0 Å². The number of amides is 2. The first-order valence-corrected chi connectivity index (χ1v) is 7.91. The topological polar surface area (TPSA) is 55.9 Å². The van der Waals surface area contributed by atoms with Crippen LogP contribution < -0.4 is 5.32 Å². The minimum atomic E-state index is -0.193. The fourth-order valence-corrected chi connectivity index (χ4v) is 3.16. The van der Waals surface area contributed by atoms with Crippen molar-refractivity contribution in [2.45, 2.75) is 19.8 Å². The van der Waals surface area contributed by atoms with Gasteiger partial charge in [-0.05, 0) is 19.4 Å². The predicted molar refractivity (Wildman–Crippen MR) is 81.9 cm³/mol. The zero-order valence-corrected chi connectivity index (χ0v) is 13.5. The molecule has 2 aliphatic rings. The summed E-state index contributed by atoms with van der Waals surface area (Å²) in [4.78, 5) is 30.3. The van der Waals surface area contributed by atoms with E-state index in [1.807, 2.05) is 4.90 Å². The van der Waals surface area contributed by atoms with Gasteiger partial charge < -0.3 is 15.1 Å². The summed E-state index contributed by atoms with van der Waals surface area (Å²) in [5.74, 6) is 0.424. The normalized spacial score (nSPS) is 26.9. The lowest BCUT2D eigenvalue weighted by molar-refractivity contribution is -0.143. The molecule has 2 aliphatic heterocycles. The van der Waals surface area contributed by atoms with E-state index in [1.54, 1.807) is 19.0 Å². The van der Waals surface area contributed by atoms with Crippen molar-refractivity contribution >= 4 is 11.8 Å². The summed E-state index contributed by atoms with van der Waals surface area (Å²) in [7, 11) is 3.56. The van der Waals surface area contributed by atoms with Crippen molar-refractivity contribution in [3.8, 4) is 0 Å². The number of rotatable bonds is 4. The highest BCUT2D eigenvalue weighted by molar-refractivity contribution is 5.83. The summed E-state index contributed by atoms with van der Waals surface area (Å²) in [5, 5.41) is 3.32. The Kier molecular flexibility index (Phi) is 5.22. The first-order chi connectivity index (χ1) is 9.98. The Balaban J connectivity index is 1.86. The Morgan fingerprint density at radius 2 is 1.86 bits per heavy atom. The van der Waals surface area contributed by atoms with Gasteiger partial charge in [-0.15, -0.1) is 0 Å². The molecule has 2 heterocycles. The predicted octanol–water partition coefficient (Wildman–Crippen LogP) is -0.391. The number of hydrogen-bond donors (Lipinski definition) is 1. The van der Waals surface area contributed by atoms with Gasteiger partial charge in [0.15, 0.2) is 0 Å². The van der Waals surface area contributed by atoms with Crippen molar-refractivity contribution < 1.29 is 9.59 Å². The van der Waals surface area contributed by atoms with E-state index in [9.17, 15) is 9.59 Å². The third kappa shape index (κ3) is 3.55. The molecule has 1 atom stereocenters. The fraction of sp³-hybridized carbons (Fsp3) is 0.867. The van der Waals surface area contributed by atoms with Crippen LogP contribution in [0.25, 0.3) is 0 Å². The fourth-order valence-electron chi connectivity index (χ4n) is 3.16. The summed E-state index contributed by atoms with van der Waals surface area (Å²) in [5.41, 5.74) is -0.193. The third-order valence-electron chi connectivity index (χ3n) is 4.89. The molecule has 2 amide bonds.